The Hall–Kier alpha value is -2.45. The molecule has 0 aliphatic heterocycles. The maximum atomic E-state index is 13.5. The van der Waals surface area contributed by atoms with E-state index in [4.69, 9.17) is 15.6 Å². The monoisotopic (exact) mass is 310 g/mol. The lowest BCUT2D eigenvalue weighted by Gasteiger charge is -2.05. The average Bonchev–Trinajstić information content (AvgIpc) is 2.33. The maximum Gasteiger partial charge on any atom is 0.336 e. The van der Waals surface area contributed by atoms with E-state index in [-0.39, 0.29) is 15.7 Å². The Morgan fingerprint density at radius 3 is 2.56 bits per heavy atom. The third kappa shape index (κ3) is 3.03. The molecule has 1 rings (SSSR count). The summed E-state index contributed by atoms with van der Waals surface area (Å²) in [4.78, 5) is 10.7. The van der Waals surface area contributed by atoms with E-state index in [0.29, 0.717) is 0 Å². The van der Waals surface area contributed by atoms with E-state index in [0.717, 1.165) is 12.1 Å². The standard InChI is InChI=1S/C10H4BrFN4O2/c11-7-2-9(16-15-5(3-13)4-14)8(12)1-6(7)10(17)18/h1-2,16H,(H,17,18). The minimum Gasteiger partial charge on any atom is -0.478 e. The van der Waals surface area contributed by atoms with Crippen molar-refractivity contribution in [1.82, 2.24) is 0 Å². The Bertz CT molecular complexity index is 600. The number of rotatable bonds is 3. The molecule has 1 aromatic carbocycles. The fourth-order valence-electron chi connectivity index (χ4n) is 0.988. The molecule has 0 atom stereocenters. The molecule has 8 heteroatoms. The lowest BCUT2D eigenvalue weighted by atomic mass is 10.2. The summed E-state index contributed by atoms with van der Waals surface area (Å²) in [5.41, 5.74) is 1.28. The van der Waals surface area contributed by atoms with Crippen LogP contribution in [0.3, 0.4) is 0 Å². The molecule has 0 aliphatic carbocycles. The molecule has 0 saturated carbocycles. The van der Waals surface area contributed by atoms with E-state index in [2.05, 4.69) is 26.5 Å². The van der Waals surface area contributed by atoms with Crippen LogP contribution in [0.5, 0.6) is 0 Å². The molecule has 0 unspecified atom stereocenters. The van der Waals surface area contributed by atoms with E-state index in [9.17, 15) is 9.18 Å². The number of hydrogen-bond acceptors (Lipinski definition) is 5. The van der Waals surface area contributed by atoms with Crippen LogP contribution >= 0.6 is 15.9 Å². The second-order valence-electron chi connectivity index (χ2n) is 2.91. The average molecular weight is 311 g/mol. The number of nitrogens with zero attached hydrogens (tertiary/aromatic N) is 3. The molecule has 0 spiro atoms. The largest absolute Gasteiger partial charge is 0.478 e. The molecule has 1 aromatic rings. The maximum absolute atomic E-state index is 13.5. The Balaban J connectivity index is 3.11. The topological polar surface area (TPSA) is 109 Å². The van der Waals surface area contributed by atoms with Crippen LogP contribution in [0, 0.1) is 28.5 Å². The first-order valence-electron chi connectivity index (χ1n) is 4.35. The molecule has 0 radical (unpaired) electrons. The molecule has 0 amide bonds. The molecular weight excluding hydrogens is 307 g/mol. The number of anilines is 1. The molecule has 0 saturated heterocycles. The van der Waals surface area contributed by atoms with Gasteiger partial charge in [-0.05, 0) is 28.1 Å². The van der Waals surface area contributed by atoms with Crippen molar-refractivity contribution in [3.05, 3.63) is 28.0 Å². The zero-order valence-electron chi connectivity index (χ0n) is 8.61. The normalized spacial score (nSPS) is 8.89. The van der Waals surface area contributed by atoms with Crippen molar-refractivity contribution >= 4 is 33.3 Å². The molecule has 0 heterocycles. The minimum absolute atomic E-state index is 0.143. The zero-order valence-corrected chi connectivity index (χ0v) is 10.2. The molecule has 2 N–H and O–H groups in total. The molecule has 6 nitrogen and oxygen atoms in total. The second-order valence-corrected chi connectivity index (χ2v) is 3.77. The second kappa shape index (κ2) is 5.75. The van der Waals surface area contributed by atoms with Crippen LogP contribution in [0.25, 0.3) is 0 Å². The van der Waals surface area contributed by atoms with Crippen LogP contribution in [0.2, 0.25) is 0 Å². The Kier molecular flexibility index (Phi) is 4.35. The number of halogens is 2. The molecule has 18 heavy (non-hydrogen) atoms. The first-order chi connectivity index (χ1) is 8.49. The summed E-state index contributed by atoms with van der Waals surface area (Å²) in [5, 5.41) is 28.9. The van der Waals surface area contributed by atoms with Gasteiger partial charge < -0.3 is 5.11 Å². The van der Waals surface area contributed by atoms with Gasteiger partial charge in [-0.25, -0.2) is 9.18 Å². The quantitative estimate of drug-likeness (QED) is 0.656. The highest BCUT2D eigenvalue weighted by molar-refractivity contribution is 9.10. The molecular formula is C10H4BrFN4O2. The highest BCUT2D eigenvalue weighted by atomic mass is 79.9. The molecule has 0 bridgehead atoms. The van der Waals surface area contributed by atoms with Gasteiger partial charge in [-0.1, -0.05) is 0 Å². The fourth-order valence-corrected chi connectivity index (χ4v) is 1.50. The SMILES string of the molecule is N#CC(C#N)=NNc1cc(Br)c(C(=O)O)cc1F. The van der Waals surface area contributed by atoms with Crippen molar-refractivity contribution in [3.63, 3.8) is 0 Å². The number of carboxylic acid groups (broad SMARTS) is 1. The fraction of sp³-hybridized carbons (Fsp3) is 0. The number of carbonyl (C=O) groups is 1. The van der Waals surface area contributed by atoms with E-state index in [1.165, 1.54) is 12.1 Å². The van der Waals surface area contributed by atoms with Crippen LogP contribution in [-0.4, -0.2) is 16.8 Å². The van der Waals surface area contributed by atoms with Gasteiger partial charge in [0.2, 0.25) is 5.71 Å². The summed E-state index contributed by atoms with van der Waals surface area (Å²) >= 11 is 2.96. The summed E-state index contributed by atoms with van der Waals surface area (Å²) in [6, 6.07) is 4.91. The van der Waals surface area contributed by atoms with E-state index in [1.54, 1.807) is 0 Å². The lowest BCUT2D eigenvalue weighted by Crippen LogP contribution is -2.03. The molecule has 0 aromatic heterocycles. The van der Waals surface area contributed by atoms with Crippen molar-refractivity contribution in [2.75, 3.05) is 5.43 Å². The van der Waals surface area contributed by atoms with Crippen LogP contribution in [0.4, 0.5) is 10.1 Å². The van der Waals surface area contributed by atoms with E-state index in [1.807, 2.05) is 0 Å². The van der Waals surface area contributed by atoms with Gasteiger partial charge in [0, 0.05) is 4.47 Å². The summed E-state index contributed by atoms with van der Waals surface area (Å²) in [6.07, 6.45) is 0. The number of benzene rings is 1. The molecule has 0 aliphatic rings. The van der Waals surface area contributed by atoms with Gasteiger partial charge in [0.15, 0.2) is 0 Å². The van der Waals surface area contributed by atoms with Gasteiger partial charge in [0.1, 0.15) is 18.0 Å². The van der Waals surface area contributed by atoms with Crippen molar-refractivity contribution in [1.29, 1.82) is 10.5 Å². The van der Waals surface area contributed by atoms with Crippen molar-refractivity contribution < 1.29 is 14.3 Å². The molecule has 90 valence electrons. The van der Waals surface area contributed by atoms with Crippen molar-refractivity contribution in [3.8, 4) is 12.1 Å². The zero-order chi connectivity index (χ0) is 13.7. The number of hydrazone groups is 1. The number of hydrogen-bond donors (Lipinski definition) is 2. The number of nitriles is 2. The summed E-state index contributed by atoms with van der Waals surface area (Å²) in [7, 11) is 0. The van der Waals surface area contributed by atoms with Gasteiger partial charge in [0.05, 0.1) is 11.3 Å². The third-order valence-corrected chi connectivity index (χ3v) is 2.44. The number of nitrogens with one attached hydrogen (secondary N) is 1. The van der Waals surface area contributed by atoms with Crippen LogP contribution in [0.1, 0.15) is 10.4 Å². The van der Waals surface area contributed by atoms with Gasteiger partial charge >= 0.3 is 5.97 Å². The van der Waals surface area contributed by atoms with Gasteiger partial charge in [-0.2, -0.15) is 15.6 Å². The van der Waals surface area contributed by atoms with E-state index < -0.39 is 17.5 Å². The first kappa shape index (κ1) is 13.6. The Morgan fingerprint density at radius 2 is 2.06 bits per heavy atom. The highest BCUT2D eigenvalue weighted by Gasteiger charge is 2.13. The smallest absolute Gasteiger partial charge is 0.336 e. The van der Waals surface area contributed by atoms with Gasteiger partial charge in [-0.3, -0.25) is 5.43 Å². The third-order valence-electron chi connectivity index (χ3n) is 1.79. The lowest BCUT2D eigenvalue weighted by molar-refractivity contribution is 0.0695. The van der Waals surface area contributed by atoms with Crippen LogP contribution in [0.15, 0.2) is 21.7 Å². The number of carboxylic acids is 1. The Morgan fingerprint density at radius 1 is 1.44 bits per heavy atom. The first-order valence-corrected chi connectivity index (χ1v) is 5.15. The summed E-state index contributed by atoms with van der Waals surface area (Å²) in [6.45, 7) is 0. The van der Waals surface area contributed by atoms with Gasteiger partial charge in [-0.15, -0.1) is 0 Å². The minimum atomic E-state index is -1.29. The predicted molar refractivity (Wildman–Crippen MR) is 63.3 cm³/mol. The predicted octanol–water partition coefficient (Wildman–Crippen LogP) is 2.10. The van der Waals surface area contributed by atoms with E-state index >= 15 is 0 Å². The summed E-state index contributed by atoms with van der Waals surface area (Å²) in [5.74, 6) is -2.15. The van der Waals surface area contributed by atoms with Crippen LogP contribution < -0.4 is 5.43 Å². The summed E-state index contributed by atoms with van der Waals surface area (Å²) < 4.78 is 13.6. The Labute approximate surface area is 109 Å². The van der Waals surface area contributed by atoms with Crippen molar-refractivity contribution in [2.24, 2.45) is 5.10 Å². The number of aromatic carboxylic acids is 1. The highest BCUT2D eigenvalue weighted by Crippen LogP contribution is 2.25. The van der Waals surface area contributed by atoms with Crippen molar-refractivity contribution in [2.45, 2.75) is 0 Å². The van der Waals surface area contributed by atoms with Gasteiger partial charge in [0.25, 0.3) is 0 Å². The molecule has 0 fully saturated rings. The van der Waals surface area contributed by atoms with Crippen LogP contribution in [-0.2, 0) is 0 Å².